The van der Waals surface area contributed by atoms with Crippen molar-refractivity contribution in [2.45, 2.75) is 47.2 Å². The van der Waals surface area contributed by atoms with Crippen molar-refractivity contribution in [3.8, 4) is 11.5 Å². The summed E-state index contributed by atoms with van der Waals surface area (Å²) >= 11 is 0. The van der Waals surface area contributed by atoms with Gasteiger partial charge in [0.2, 0.25) is 5.91 Å². The molecule has 1 amide bonds. The molecule has 1 unspecified atom stereocenters. The van der Waals surface area contributed by atoms with E-state index in [0.29, 0.717) is 30.4 Å². The average molecular weight is 390 g/mol. The summed E-state index contributed by atoms with van der Waals surface area (Å²) in [6.45, 7) is 9.91. The normalized spacial score (nSPS) is 11.8. The number of carbonyl (C=O) groups is 1. The van der Waals surface area contributed by atoms with Crippen LogP contribution in [0, 0.1) is 24.0 Å². The Bertz CT molecular complexity index is 862. The lowest BCUT2D eigenvalue weighted by Gasteiger charge is -2.15. The monoisotopic (exact) mass is 390 g/mol. The van der Waals surface area contributed by atoms with Gasteiger partial charge in [0.25, 0.3) is 0 Å². The number of hydrogen-bond acceptors (Lipinski definition) is 6. The first-order chi connectivity index (χ1) is 13.3. The van der Waals surface area contributed by atoms with Crippen LogP contribution in [0.1, 0.15) is 43.8 Å². The molecule has 0 saturated carbocycles. The lowest BCUT2D eigenvalue weighted by Crippen LogP contribution is -2.31. The molecule has 9 nitrogen and oxygen atoms in total. The first kappa shape index (κ1) is 21.2. The number of benzene rings is 1. The number of nitrogens with zero attached hydrogens (tertiary/aromatic N) is 3. The summed E-state index contributed by atoms with van der Waals surface area (Å²) in [5, 5.41) is 18.1. The van der Waals surface area contributed by atoms with Crippen molar-refractivity contribution in [3.63, 3.8) is 0 Å². The smallest absolute Gasteiger partial charge is 0.312 e. The zero-order valence-corrected chi connectivity index (χ0v) is 16.8. The van der Waals surface area contributed by atoms with Gasteiger partial charge >= 0.3 is 5.69 Å². The number of hydrogen-bond donors (Lipinski definition) is 1. The number of ether oxygens (including phenoxy) is 2. The third-order valence-electron chi connectivity index (χ3n) is 4.29. The van der Waals surface area contributed by atoms with E-state index in [9.17, 15) is 14.9 Å². The molecule has 2 aromatic rings. The number of aromatic nitrogens is 2. The largest absolute Gasteiger partial charge is 0.490 e. The predicted molar refractivity (Wildman–Crippen MR) is 104 cm³/mol. The van der Waals surface area contributed by atoms with Crippen LogP contribution in [0.2, 0.25) is 0 Å². The van der Waals surface area contributed by atoms with Crippen LogP contribution in [0.3, 0.4) is 0 Å². The van der Waals surface area contributed by atoms with Crippen LogP contribution in [0.4, 0.5) is 5.69 Å². The Hall–Kier alpha value is -3.10. The minimum atomic E-state index is -0.679. The molecular weight excluding hydrogens is 364 g/mol. The molecule has 0 fully saturated rings. The maximum absolute atomic E-state index is 12.5. The molecule has 1 heterocycles. The molecule has 0 aliphatic heterocycles. The van der Waals surface area contributed by atoms with Gasteiger partial charge in [-0.1, -0.05) is 6.07 Å². The average Bonchev–Trinajstić information content (AvgIpc) is 2.95. The fourth-order valence-corrected chi connectivity index (χ4v) is 2.95. The molecule has 2 rings (SSSR count). The maximum Gasteiger partial charge on any atom is 0.312 e. The molecule has 1 aromatic heterocycles. The predicted octanol–water partition coefficient (Wildman–Crippen LogP) is 3.08. The van der Waals surface area contributed by atoms with E-state index in [1.165, 1.54) is 4.68 Å². The fourth-order valence-electron chi connectivity index (χ4n) is 2.95. The highest BCUT2D eigenvalue weighted by atomic mass is 16.6. The quantitative estimate of drug-likeness (QED) is 0.521. The molecule has 9 heteroatoms. The maximum atomic E-state index is 12.5. The van der Waals surface area contributed by atoms with Gasteiger partial charge in [0, 0.05) is 6.54 Å². The highest BCUT2D eigenvalue weighted by molar-refractivity contribution is 5.80. The van der Waals surface area contributed by atoms with E-state index in [1.54, 1.807) is 20.8 Å². The van der Waals surface area contributed by atoms with Crippen LogP contribution in [0.15, 0.2) is 18.2 Å². The molecule has 0 spiro atoms. The van der Waals surface area contributed by atoms with Gasteiger partial charge in [0.1, 0.15) is 17.4 Å². The Balaban J connectivity index is 2.10. The van der Waals surface area contributed by atoms with Gasteiger partial charge in [-0.2, -0.15) is 5.10 Å². The Morgan fingerprint density at radius 2 is 1.89 bits per heavy atom. The van der Waals surface area contributed by atoms with Crippen molar-refractivity contribution >= 4 is 11.6 Å². The van der Waals surface area contributed by atoms with E-state index in [1.807, 2.05) is 32.0 Å². The van der Waals surface area contributed by atoms with Gasteiger partial charge in [-0.3, -0.25) is 19.6 Å². The number of amides is 1. The second-order valence-electron chi connectivity index (χ2n) is 6.26. The second kappa shape index (κ2) is 9.20. The number of nitrogens with one attached hydrogen (secondary N) is 1. The summed E-state index contributed by atoms with van der Waals surface area (Å²) < 4.78 is 12.5. The summed E-state index contributed by atoms with van der Waals surface area (Å²) in [4.78, 5) is 23.2. The van der Waals surface area contributed by atoms with Gasteiger partial charge in [-0.15, -0.1) is 0 Å². The van der Waals surface area contributed by atoms with Crippen molar-refractivity contribution in [2.75, 3.05) is 13.2 Å². The van der Waals surface area contributed by atoms with Crippen molar-refractivity contribution in [1.29, 1.82) is 0 Å². The van der Waals surface area contributed by atoms with E-state index in [2.05, 4.69) is 10.4 Å². The summed E-state index contributed by atoms with van der Waals surface area (Å²) in [5.74, 6) is 0.994. The molecule has 0 radical (unpaired) electrons. The lowest BCUT2D eigenvalue weighted by atomic mass is 10.2. The van der Waals surface area contributed by atoms with Crippen LogP contribution in [-0.4, -0.2) is 33.8 Å². The minimum Gasteiger partial charge on any atom is -0.490 e. The molecule has 152 valence electrons. The topological polar surface area (TPSA) is 109 Å². The summed E-state index contributed by atoms with van der Waals surface area (Å²) in [6, 6.07) is 4.81. The molecule has 0 saturated heterocycles. The second-order valence-corrected chi connectivity index (χ2v) is 6.26. The summed E-state index contributed by atoms with van der Waals surface area (Å²) in [6.07, 6.45) is 0. The fraction of sp³-hybridized carbons (Fsp3) is 0.474. The number of nitro groups is 1. The van der Waals surface area contributed by atoms with Crippen molar-refractivity contribution in [2.24, 2.45) is 0 Å². The lowest BCUT2D eigenvalue weighted by molar-refractivity contribution is -0.386. The highest BCUT2D eigenvalue weighted by Crippen LogP contribution is 2.29. The Morgan fingerprint density at radius 1 is 1.25 bits per heavy atom. The van der Waals surface area contributed by atoms with E-state index in [4.69, 9.17) is 9.47 Å². The first-order valence-electron chi connectivity index (χ1n) is 9.16. The van der Waals surface area contributed by atoms with Crippen LogP contribution in [0.5, 0.6) is 11.5 Å². The molecule has 28 heavy (non-hydrogen) atoms. The van der Waals surface area contributed by atoms with Gasteiger partial charge in [-0.25, -0.2) is 0 Å². The Kier molecular flexibility index (Phi) is 6.97. The molecule has 1 aromatic carbocycles. The molecule has 0 bridgehead atoms. The van der Waals surface area contributed by atoms with E-state index in [0.717, 1.165) is 5.56 Å². The van der Waals surface area contributed by atoms with Crippen molar-refractivity contribution < 1.29 is 19.2 Å². The zero-order chi connectivity index (χ0) is 20.8. The number of rotatable bonds is 9. The van der Waals surface area contributed by atoms with Crippen molar-refractivity contribution in [3.05, 3.63) is 45.3 Å². The van der Waals surface area contributed by atoms with Crippen LogP contribution in [0.25, 0.3) is 0 Å². The van der Waals surface area contributed by atoms with Crippen LogP contribution >= 0.6 is 0 Å². The van der Waals surface area contributed by atoms with Crippen LogP contribution < -0.4 is 14.8 Å². The van der Waals surface area contributed by atoms with Gasteiger partial charge in [0.15, 0.2) is 11.5 Å². The number of carbonyl (C=O) groups excluding carboxylic acids is 1. The van der Waals surface area contributed by atoms with Crippen molar-refractivity contribution in [1.82, 2.24) is 15.1 Å². The SMILES string of the molecule is CCOc1ccc(CNC(=O)C(C)n2nc(C)c([N+](=O)[O-])c2C)cc1OCC. The molecule has 0 aliphatic rings. The summed E-state index contributed by atoms with van der Waals surface area (Å²) in [7, 11) is 0. The van der Waals surface area contributed by atoms with E-state index in [-0.39, 0.29) is 23.8 Å². The Labute approximate surface area is 163 Å². The van der Waals surface area contributed by atoms with Gasteiger partial charge < -0.3 is 14.8 Å². The molecule has 1 atom stereocenters. The van der Waals surface area contributed by atoms with E-state index >= 15 is 0 Å². The molecule has 0 aliphatic carbocycles. The molecule has 1 N–H and O–H groups in total. The third kappa shape index (κ3) is 4.59. The Morgan fingerprint density at radius 3 is 2.46 bits per heavy atom. The highest BCUT2D eigenvalue weighted by Gasteiger charge is 2.26. The van der Waals surface area contributed by atoms with Gasteiger partial charge in [-0.05, 0) is 52.3 Å². The zero-order valence-electron chi connectivity index (χ0n) is 16.8. The standard InChI is InChI=1S/C19H26N4O5/c1-6-27-16-9-8-15(10-17(16)28-7-2)11-20-19(24)14(5)22-13(4)18(23(25)26)12(3)21-22/h8-10,14H,6-7,11H2,1-5H3,(H,20,24). The first-order valence-corrected chi connectivity index (χ1v) is 9.16. The summed E-state index contributed by atoms with van der Waals surface area (Å²) in [5.41, 5.74) is 1.43. The minimum absolute atomic E-state index is 0.0625. The molecular formula is C19H26N4O5. The third-order valence-corrected chi connectivity index (χ3v) is 4.29. The van der Waals surface area contributed by atoms with E-state index < -0.39 is 11.0 Å². The van der Waals surface area contributed by atoms with Crippen LogP contribution in [-0.2, 0) is 11.3 Å². The number of aryl methyl sites for hydroxylation is 1. The van der Waals surface area contributed by atoms with Gasteiger partial charge in [0.05, 0.1) is 18.1 Å².